The maximum Gasteiger partial charge on any atom is 0.307 e. The van der Waals surface area contributed by atoms with E-state index >= 15 is 0 Å². The number of rotatable bonds is 2. The Labute approximate surface area is 115 Å². The zero-order chi connectivity index (χ0) is 14.5. The Morgan fingerprint density at radius 1 is 1.40 bits per heavy atom. The predicted octanol–water partition coefficient (Wildman–Crippen LogP) is 0.978. The third-order valence-electron chi connectivity index (χ3n) is 3.52. The second-order valence-corrected chi connectivity index (χ2v) is 6.41. The van der Waals surface area contributed by atoms with Crippen LogP contribution in [0.3, 0.4) is 0 Å². The number of amides is 1. The number of aryl methyl sites for hydroxylation is 1. The number of carbonyl (C=O) groups is 1. The second kappa shape index (κ2) is 4.27. The fourth-order valence-corrected chi connectivity index (χ4v) is 3.19. The molecule has 0 saturated carbocycles. The van der Waals surface area contributed by atoms with Crippen molar-refractivity contribution < 1.29 is 17.1 Å². The molecule has 0 spiro atoms. The van der Waals surface area contributed by atoms with Gasteiger partial charge < -0.3 is 4.90 Å². The van der Waals surface area contributed by atoms with Gasteiger partial charge in [-0.05, 0) is 6.07 Å². The molecule has 106 valence electrons. The minimum Gasteiger partial charge on any atom is -0.309 e. The van der Waals surface area contributed by atoms with Gasteiger partial charge in [0.1, 0.15) is 5.25 Å². The van der Waals surface area contributed by atoms with Crippen LogP contribution in [-0.4, -0.2) is 35.9 Å². The fraction of sp³-hybridized carbons (Fsp3) is 0.333. The molecule has 6 nitrogen and oxygen atoms in total. The first-order valence-corrected chi connectivity index (χ1v) is 7.47. The summed E-state index contributed by atoms with van der Waals surface area (Å²) in [6.07, 6.45) is 1.33. The minimum absolute atomic E-state index is 0.165. The summed E-state index contributed by atoms with van der Waals surface area (Å²) < 4.78 is 36.6. The number of benzene rings is 1. The van der Waals surface area contributed by atoms with Gasteiger partial charge in [-0.2, -0.15) is 13.5 Å². The van der Waals surface area contributed by atoms with E-state index in [2.05, 4.69) is 5.10 Å². The van der Waals surface area contributed by atoms with Crippen molar-refractivity contribution in [1.29, 1.82) is 0 Å². The van der Waals surface area contributed by atoms with E-state index in [1.54, 1.807) is 30.1 Å². The first-order valence-electron chi connectivity index (χ1n) is 6.02. The van der Waals surface area contributed by atoms with Gasteiger partial charge in [-0.25, -0.2) is 0 Å². The summed E-state index contributed by atoms with van der Waals surface area (Å²) in [7, 11) is -2.98. The molecule has 1 amide bonds. The van der Waals surface area contributed by atoms with Crippen molar-refractivity contribution in [3.8, 4) is 0 Å². The van der Waals surface area contributed by atoms with Crippen LogP contribution in [0, 0.1) is 0 Å². The fourth-order valence-electron chi connectivity index (χ4n) is 2.53. The lowest BCUT2D eigenvalue weighted by Gasteiger charge is -2.17. The summed E-state index contributed by atoms with van der Waals surface area (Å²) in [5.74, 6) is -0.398. The predicted molar refractivity (Wildman–Crippen MR) is 71.5 cm³/mol. The standard InChI is InChI=1S/C12H12FN3O3S/c1-15-12-8(6-14-15)3-2-4-10(12)16-7-9(5-11(16)17)20(13,18)19/h2-4,6,9H,5,7H2,1H3. The molecule has 1 aromatic carbocycles. The SMILES string of the molecule is Cn1ncc2cccc(N3CC(S(=O)(=O)F)CC3=O)c21. The summed E-state index contributed by atoms with van der Waals surface area (Å²) in [5, 5.41) is 3.65. The number of hydrogen-bond donors (Lipinski definition) is 0. The van der Waals surface area contributed by atoms with Gasteiger partial charge in [0.15, 0.2) is 0 Å². The van der Waals surface area contributed by atoms with E-state index in [0.29, 0.717) is 5.69 Å². The number of hydrogen-bond acceptors (Lipinski definition) is 4. The van der Waals surface area contributed by atoms with Crippen LogP contribution in [0.4, 0.5) is 9.57 Å². The molecule has 1 atom stereocenters. The number of carbonyl (C=O) groups excluding carboxylic acids is 1. The van der Waals surface area contributed by atoms with Gasteiger partial charge in [-0.3, -0.25) is 9.48 Å². The molecule has 1 fully saturated rings. The highest BCUT2D eigenvalue weighted by Gasteiger charge is 2.39. The van der Waals surface area contributed by atoms with Crippen LogP contribution >= 0.6 is 0 Å². The normalized spacial score (nSPS) is 20.0. The molecule has 1 aliphatic heterocycles. The summed E-state index contributed by atoms with van der Waals surface area (Å²) in [6, 6.07) is 5.30. The van der Waals surface area contributed by atoms with Crippen LogP contribution in [-0.2, 0) is 22.1 Å². The topological polar surface area (TPSA) is 72.3 Å². The third kappa shape index (κ3) is 1.96. The van der Waals surface area contributed by atoms with Gasteiger partial charge in [0.05, 0.1) is 17.4 Å². The van der Waals surface area contributed by atoms with Crippen molar-refractivity contribution in [2.24, 2.45) is 7.05 Å². The van der Waals surface area contributed by atoms with Crippen LogP contribution < -0.4 is 4.90 Å². The molecule has 1 aromatic heterocycles. The van der Waals surface area contributed by atoms with E-state index in [4.69, 9.17) is 0 Å². The summed E-state index contributed by atoms with van der Waals surface area (Å²) in [4.78, 5) is 13.3. The number of anilines is 1. The first kappa shape index (κ1) is 13.0. The van der Waals surface area contributed by atoms with Crippen molar-refractivity contribution in [1.82, 2.24) is 9.78 Å². The first-order chi connectivity index (χ1) is 9.38. The van der Waals surface area contributed by atoms with Crippen molar-refractivity contribution in [3.63, 3.8) is 0 Å². The van der Waals surface area contributed by atoms with E-state index < -0.39 is 21.4 Å². The zero-order valence-corrected chi connectivity index (χ0v) is 11.5. The highest BCUT2D eigenvalue weighted by molar-refractivity contribution is 7.87. The van der Waals surface area contributed by atoms with E-state index in [0.717, 1.165) is 10.9 Å². The molecule has 2 aromatic rings. The highest BCUT2D eigenvalue weighted by Crippen LogP contribution is 2.31. The molecule has 2 heterocycles. The minimum atomic E-state index is -4.71. The molecule has 3 rings (SSSR count). The molecule has 0 N–H and O–H groups in total. The van der Waals surface area contributed by atoms with Gasteiger partial charge in [0, 0.05) is 25.4 Å². The molecular weight excluding hydrogens is 285 g/mol. The van der Waals surface area contributed by atoms with Gasteiger partial charge in [-0.15, -0.1) is 3.89 Å². The summed E-state index contributed by atoms with van der Waals surface area (Å²) >= 11 is 0. The smallest absolute Gasteiger partial charge is 0.307 e. The number of aromatic nitrogens is 2. The molecule has 1 aliphatic rings. The lowest BCUT2D eigenvalue weighted by Crippen LogP contribution is -2.27. The average Bonchev–Trinajstić information content (AvgIpc) is 2.93. The quantitative estimate of drug-likeness (QED) is 0.775. The Bertz CT molecular complexity index is 799. The molecule has 8 heteroatoms. The Balaban J connectivity index is 2.08. The molecule has 20 heavy (non-hydrogen) atoms. The largest absolute Gasteiger partial charge is 0.309 e. The summed E-state index contributed by atoms with van der Waals surface area (Å²) in [6.45, 7) is -0.165. The molecule has 0 aliphatic carbocycles. The Morgan fingerprint density at radius 2 is 2.15 bits per heavy atom. The van der Waals surface area contributed by atoms with Crippen LogP contribution in [0.1, 0.15) is 6.42 Å². The van der Waals surface area contributed by atoms with E-state index in [1.165, 1.54) is 4.90 Å². The summed E-state index contributed by atoms with van der Waals surface area (Å²) in [5.41, 5.74) is 1.27. The number of para-hydroxylation sites is 1. The molecule has 1 saturated heterocycles. The number of nitrogens with zero attached hydrogens (tertiary/aromatic N) is 3. The molecule has 0 bridgehead atoms. The van der Waals surface area contributed by atoms with Crippen molar-refractivity contribution >= 4 is 32.7 Å². The van der Waals surface area contributed by atoms with Crippen molar-refractivity contribution in [3.05, 3.63) is 24.4 Å². The lowest BCUT2D eigenvalue weighted by molar-refractivity contribution is -0.117. The van der Waals surface area contributed by atoms with Gasteiger partial charge in [-0.1, -0.05) is 12.1 Å². The average molecular weight is 297 g/mol. The van der Waals surface area contributed by atoms with Crippen LogP contribution in [0.15, 0.2) is 24.4 Å². The highest BCUT2D eigenvalue weighted by atomic mass is 32.3. The van der Waals surface area contributed by atoms with Crippen molar-refractivity contribution in [2.75, 3.05) is 11.4 Å². The van der Waals surface area contributed by atoms with Gasteiger partial charge >= 0.3 is 10.2 Å². The van der Waals surface area contributed by atoms with Gasteiger partial charge in [0.25, 0.3) is 0 Å². The monoisotopic (exact) mass is 297 g/mol. The lowest BCUT2D eigenvalue weighted by atomic mass is 10.2. The maximum atomic E-state index is 13.1. The van der Waals surface area contributed by atoms with E-state index in [1.807, 2.05) is 6.07 Å². The number of halogens is 1. The second-order valence-electron chi connectivity index (χ2n) is 4.79. The Morgan fingerprint density at radius 3 is 2.80 bits per heavy atom. The van der Waals surface area contributed by atoms with Crippen molar-refractivity contribution in [2.45, 2.75) is 11.7 Å². The molecular formula is C12H12FN3O3S. The van der Waals surface area contributed by atoms with E-state index in [-0.39, 0.29) is 13.0 Å². The zero-order valence-electron chi connectivity index (χ0n) is 10.7. The Hall–Kier alpha value is -1.96. The van der Waals surface area contributed by atoms with Crippen LogP contribution in [0.25, 0.3) is 10.9 Å². The Kier molecular flexibility index (Phi) is 2.79. The third-order valence-corrected chi connectivity index (χ3v) is 4.63. The molecule has 1 unspecified atom stereocenters. The van der Waals surface area contributed by atoms with Crippen LogP contribution in [0.2, 0.25) is 0 Å². The van der Waals surface area contributed by atoms with E-state index in [9.17, 15) is 17.1 Å². The van der Waals surface area contributed by atoms with Crippen LogP contribution in [0.5, 0.6) is 0 Å². The number of fused-ring (bicyclic) bond motifs is 1. The molecule has 0 radical (unpaired) electrons. The van der Waals surface area contributed by atoms with Gasteiger partial charge in [0.2, 0.25) is 5.91 Å². The maximum absolute atomic E-state index is 13.1.